The summed E-state index contributed by atoms with van der Waals surface area (Å²) in [5, 5.41) is 0. The minimum atomic E-state index is -0.275. The van der Waals surface area contributed by atoms with Gasteiger partial charge < -0.3 is 9.47 Å². The normalized spacial score (nSPS) is 22.9. The minimum absolute atomic E-state index is 0.275. The van der Waals surface area contributed by atoms with Crippen LogP contribution in [0, 0.1) is 6.92 Å². The summed E-state index contributed by atoms with van der Waals surface area (Å²) in [6.07, 6.45) is 11.0. The molecule has 1 unspecified atom stereocenters. The van der Waals surface area contributed by atoms with E-state index in [4.69, 9.17) is 0 Å². The fraction of sp³-hybridized carbons (Fsp3) is 0.500. The molecule has 1 aromatic carbocycles. The Labute approximate surface area is 143 Å². The lowest BCUT2D eigenvalue weighted by Crippen LogP contribution is -2.53. The molecule has 4 heteroatoms. The number of amides is 1. The number of hydrogen-bond donors (Lipinski definition) is 0. The van der Waals surface area contributed by atoms with E-state index < -0.39 is 0 Å². The molecule has 1 amide bonds. The Bertz CT molecular complexity index is 718. The van der Waals surface area contributed by atoms with Gasteiger partial charge in [-0.25, -0.2) is 4.98 Å². The number of nitrogens with zero attached hydrogens (tertiary/aromatic N) is 3. The van der Waals surface area contributed by atoms with Gasteiger partial charge in [0.15, 0.2) is 0 Å². The second-order valence-corrected chi connectivity index (χ2v) is 7.36. The van der Waals surface area contributed by atoms with Gasteiger partial charge in [0.25, 0.3) is 0 Å². The summed E-state index contributed by atoms with van der Waals surface area (Å²) >= 11 is 0. The van der Waals surface area contributed by atoms with E-state index in [2.05, 4.69) is 45.6 Å². The fourth-order valence-electron chi connectivity index (χ4n) is 4.27. The molecule has 2 aromatic rings. The Balaban J connectivity index is 1.57. The van der Waals surface area contributed by atoms with Crippen molar-refractivity contribution >= 4 is 5.91 Å². The Hall–Kier alpha value is -2.10. The summed E-state index contributed by atoms with van der Waals surface area (Å²) in [5.74, 6) is 0.337. The van der Waals surface area contributed by atoms with Crippen LogP contribution in [-0.4, -0.2) is 33.4 Å². The average Bonchev–Trinajstić information content (AvgIpc) is 3.08. The van der Waals surface area contributed by atoms with Crippen LogP contribution in [0.2, 0.25) is 0 Å². The summed E-state index contributed by atoms with van der Waals surface area (Å²) in [4.78, 5) is 19.7. The highest BCUT2D eigenvalue weighted by Gasteiger charge is 2.48. The number of carbonyl (C=O) groups excluding carboxylic acids is 1. The first-order valence-electron chi connectivity index (χ1n) is 9.03. The summed E-state index contributed by atoms with van der Waals surface area (Å²) in [6.45, 7) is 3.80. The number of aryl methyl sites for hydroxylation is 1. The Morgan fingerprint density at radius 3 is 2.83 bits per heavy atom. The monoisotopic (exact) mass is 323 g/mol. The molecule has 2 heterocycles. The topological polar surface area (TPSA) is 38.1 Å². The van der Waals surface area contributed by atoms with Crippen molar-refractivity contribution in [3.63, 3.8) is 0 Å². The van der Waals surface area contributed by atoms with Crippen LogP contribution in [0.1, 0.15) is 49.3 Å². The Morgan fingerprint density at radius 2 is 2.17 bits per heavy atom. The second kappa shape index (κ2) is 6.08. The van der Waals surface area contributed by atoms with E-state index in [1.807, 2.05) is 18.7 Å². The van der Waals surface area contributed by atoms with E-state index in [0.29, 0.717) is 11.9 Å². The van der Waals surface area contributed by atoms with Crippen molar-refractivity contribution < 1.29 is 4.79 Å². The van der Waals surface area contributed by atoms with Crippen molar-refractivity contribution in [2.75, 3.05) is 13.1 Å². The van der Waals surface area contributed by atoms with Crippen molar-refractivity contribution in [3.8, 4) is 0 Å². The molecular weight excluding hydrogens is 298 g/mol. The molecule has 0 spiro atoms. The van der Waals surface area contributed by atoms with E-state index in [9.17, 15) is 4.79 Å². The van der Waals surface area contributed by atoms with Gasteiger partial charge in [0.2, 0.25) is 5.91 Å². The van der Waals surface area contributed by atoms with E-state index in [-0.39, 0.29) is 5.41 Å². The quantitative estimate of drug-likeness (QED) is 0.867. The number of likely N-dealkylation sites (tertiary alicyclic amines) is 1. The minimum Gasteiger partial charge on any atom is -0.340 e. The molecule has 1 aromatic heterocycles. The Morgan fingerprint density at radius 1 is 1.29 bits per heavy atom. The number of hydrogen-bond acceptors (Lipinski definition) is 2. The number of carbonyl (C=O) groups is 1. The van der Waals surface area contributed by atoms with E-state index in [1.54, 1.807) is 0 Å². The predicted octanol–water partition coefficient (Wildman–Crippen LogP) is 3.48. The molecule has 0 N–H and O–H groups in total. The van der Waals surface area contributed by atoms with Crippen molar-refractivity contribution in [1.29, 1.82) is 0 Å². The number of imidazole rings is 1. The van der Waals surface area contributed by atoms with Gasteiger partial charge in [0.1, 0.15) is 0 Å². The van der Waals surface area contributed by atoms with Crippen LogP contribution >= 0.6 is 0 Å². The van der Waals surface area contributed by atoms with Gasteiger partial charge in [-0.2, -0.15) is 0 Å². The highest BCUT2D eigenvalue weighted by atomic mass is 16.2. The van der Waals surface area contributed by atoms with Crippen LogP contribution in [0.3, 0.4) is 0 Å². The number of rotatable bonds is 3. The maximum absolute atomic E-state index is 13.4. The summed E-state index contributed by atoms with van der Waals surface area (Å²) in [7, 11) is 0. The standard InChI is InChI=1S/C20H25N3O/c1-16-5-2-6-17(13-16)20(8-4-9-20)19(24)22-11-3-7-18(14-22)23-12-10-21-15-23/h2,5-6,10,12-13,15,18H,3-4,7-9,11,14H2,1H3. The van der Waals surface area contributed by atoms with Crippen LogP contribution in [0.4, 0.5) is 0 Å². The molecule has 126 valence electrons. The number of benzene rings is 1. The first-order valence-corrected chi connectivity index (χ1v) is 9.03. The first-order chi connectivity index (χ1) is 11.7. The molecule has 1 aliphatic heterocycles. The molecule has 1 aliphatic carbocycles. The first kappa shape index (κ1) is 15.4. The largest absolute Gasteiger partial charge is 0.340 e. The molecule has 0 bridgehead atoms. The van der Waals surface area contributed by atoms with Crippen molar-refractivity contribution in [3.05, 3.63) is 54.1 Å². The third-order valence-electron chi connectivity index (χ3n) is 5.82. The molecule has 1 saturated carbocycles. The van der Waals surface area contributed by atoms with Crippen LogP contribution in [-0.2, 0) is 10.2 Å². The fourth-order valence-corrected chi connectivity index (χ4v) is 4.27. The van der Waals surface area contributed by atoms with E-state index in [1.165, 1.54) is 11.1 Å². The molecular formula is C20H25N3O. The van der Waals surface area contributed by atoms with Crippen molar-refractivity contribution in [2.24, 2.45) is 0 Å². The third-order valence-corrected chi connectivity index (χ3v) is 5.82. The zero-order chi connectivity index (χ0) is 16.6. The van der Waals surface area contributed by atoms with Crippen LogP contribution in [0.25, 0.3) is 0 Å². The smallest absolute Gasteiger partial charge is 0.233 e. The van der Waals surface area contributed by atoms with Gasteiger partial charge in [0, 0.05) is 25.5 Å². The van der Waals surface area contributed by atoms with Gasteiger partial charge in [-0.1, -0.05) is 36.2 Å². The van der Waals surface area contributed by atoms with Crippen LogP contribution < -0.4 is 0 Å². The van der Waals surface area contributed by atoms with Crippen molar-refractivity contribution in [2.45, 2.75) is 50.5 Å². The SMILES string of the molecule is Cc1cccc(C2(C(=O)N3CCCC(n4ccnc4)C3)CCC2)c1. The summed E-state index contributed by atoms with van der Waals surface area (Å²) in [6, 6.07) is 8.90. The molecule has 4 rings (SSSR count). The average molecular weight is 323 g/mol. The summed E-state index contributed by atoms with van der Waals surface area (Å²) < 4.78 is 2.15. The lowest BCUT2D eigenvalue weighted by Gasteiger charge is -2.46. The molecule has 2 fully saturated rings. The van der Waals surface area contributed by atoms with Gasteiger partial charge >= 0.3 is 0 Å². The highest BCUT2D eigenvalue weighted by molar-refractivity contribution is 5.89. The lowest BCUT2D eigenvalue weighted by molar-refractivity contribution is -0.142. The molecule has 1 atom stereocenters. The number of aromatic nitrogens is 2. The third kappa shape index (κ3) is 2.54. The van der Waals surface area contributed by atoms with E-state index >= 15 is 0 Å². The zero-order valence-electron chi connectivity index (χ0n) is 14.3. The maximum atomic E-state index is 13.4. The molecule has 1 saturated heterocycles. The summed E-state index contributed by atoms with van der Waals surface area (Å²) in [5.41, 5.74) is 2.17. The van der Waals surface area contributed by atoms with Gasteiger partial charge in [-0.15, -0.1) is 0 Å². The molecule has 2 aliphatic rings. The second-order valence-electron chi connectivity index (χ2n) is 7.36. The predicted molar refractivity (Wildman–Crippen MR) is 93.8 cm³/mol. The maximum Gasteiger partial charge on any atom is 0.233 e. The van der Waals surface area contributed by atoms with Gasteiger partial charge in [-0.3, -0.25) is 4.79 Å². The molecule has 24 heavy (non-hydrogen) atoms. The van der Waals surface area contributed by atoms with Crippen LogP contribution in [0.15, 0.2) is 43.0 Å². The van der Waals surface area contributed by atoms with Gasteiger partial charge in [-0.05, 0) is 38.2 Å². The Kier molecular flexibility index (Phi) is 3.91. The van der Waals surface area contributed by atoms with E-state index in [0.717, 1.165) is 45.2 Å². The van der Waals surface area contributed by atoms with Crippen LogP contribution in [0.5, 0.6) is 0 Å². The highest BCUT2D eigenvalue weighted by Crippen LogP contribution is 2.46. The lowest BCUT2D eigenvalue weighted by atomic mass is 9.63. The van der Waals surface area contributed by atoms with Gasteiger partial charge in [0.05, 0.1) is 17.8 Å². The van der Waals surface area contributed by atoms with Crippen molar-refractivity contribution in [1.82, 2.24) is 14.5 Å². The number of piperidine rings is 1. The zero-order valence-corrected chi connectivity index (χ0v) is 14.3. The molecule has 0 radical (unpaired) electrons. The molecule has 4 nitrogen and oxygen atoms in total.